The molecule has 1 aliphatic heterocycles. The maximum absolute atomic E-state index is 10.6. The van der Waals surface area contributed by atoms with Crippen molar-refractivity contribution in [2.45, 2.75) is 39.0 Å². The molecule has 1 aromatic carbocycles. The third-order valence-electron chi connectivity index (χ3n) is 3.45. The number of benzene rings is 1. The number of hydrogen-bond acceptors (Lipinski definition) is 3. The molecule has 7 heteroatoms. The first kappa shape index (κ1) is 19.4. The molecule has 1 heterocycles. The number of halogens is 3. The van der Waals surface area contributed by atoms with Crippen molar-refractivity contribution in [3.05, 3.63) is 35.4 Å². The van der Waals surface area contributed by atoms with Gasteiger partial charge in [-0.25, -0.2) is 4.79 Å². The van der Waals surface area contributed by atoms with Crippen LogP contribution in [-0.2, 0) is 17.9 Å². The predicted molar refractivity (Wildman–Crippen MR) is 82.0 cm³/mol. The summed E-state index contributed by atoms with van der Waals surface area (Å²) >= 11 is 0. The number of hydrogen-bond donors (Lipinski definition) is 2. The number of carboxylic acids is 1. The minimum atomic E-state index is -5.08. The van der Waals surface area contributed by atoms with Crippen LogP contribution in [0.15, 0.2) is 24.3 Å². The zero-order chi connectivity index (χ0) is 17.3. The molecule has 2 rings (SSSR count). The van der Waals surface area contributed by atoms with E-state index < -0.39 is 12.1 Å². The van der Waals surface area contributed by atoms with Crippen LogP contribution in [0.3, 0.4) is 0 Å². The van der Waals surface area contributed by atoms with Crippen LogP contribution >= 0.6 is 0 Å². The van der Waals surface area contributed by atoms with Crippen LogP contribution in [0.4, 0.5) is 13.2 Å². The van der Waals surface area contributed by atoms with Gasteiger partial charge in [0.15, 0.2) is 0 Å². The number of carboxylic acid groups (broad SMARTS) is 1. The molecule has 0 aliphatic carbocycles. The molecule has 1 aromatic rings. The van der Waals surface area contributed by atoms with Crippen LogP contribution in [0.5, 0.6) is 0 Å². The van der Waals surface area contributed by atoms with Crippen LogP contribution < -0.4 is 5.32 Å². The van der Waals surface area contributed by atoms with Gasteiger partial charge in [-0.05, 0) is 43.6 Å². The van der Waals surface area contributed by atoms with Crippen molar-refractivity contribution in [1.82, 2.24) is 10.2 Å². The normalized spacial score (nSPS) is 15.1. The number of aliphatic carboxylic acids is 1. The summed E-state index contributed by atoms with van der Waals surface area (Å²) in [7, 11) is 0. The maximum atomic E-state index is 10.6. The van der Waals surface area contributed by atoms with E-state index in [-0.39, 0.29) is 0 Å². The molecule has 0 unspecified atom stereocenters. The minimum absolute atomic E-state index is 0.987. The highest BCUT2D eigenvalue weighted by Gasteiger charge is 2.38. The number of nitrogens with one attached hydrogen (secondary N) is 1. The van der Waals surface area contributed by atoms with E-state index in [9.17, 15) is 13.2 Å². The summed E-state index contributed by atoms with van der Waals surface area (Å²) in [6.07, 6.45) is -2.34. The molecular weight excluding hydrogens is 309 g/mol. The summed E-state index contributed by atoms with van der Waals surface area (Å²) < 4.78 is 31.7. The van der Waals surface area contributed by atoms with Crippen molar-refractivity contribution >= 4 is 5.97 Å². The van der Waals surface area contributed by atoms with Crippen molar-refractivity contribution in [3.63, 3.8) is 0 Å². The third-order valence-corrected chi connectivity index (χ3v) is 3.45. The molecule has 0 aromatic heterocycles. The van der Waals surface area contributed by atoms with Crippen LogP contribution in [0.2, 0.25) is 0 Å². The van der Waals surface area contributed by atoms with E-state index in [2.05, 4.69) is 41.4 Å². The fraction of sp³-hybridized carbons (Fsp3) is 0.562. The van der Waals surface area contributed by atoms with Crippen LogP contribution in [0.25, 0.3) is 0 Å². The Balaban J connectivity index is 0.000000322. The van der Waals surface area contributed by atoms with Gasteiger partial charge in [-0.15, -0.1) is 0 Å². The number of rotatable bonds is 5. The zero-order valence-corrected chi connectivity index (χ0v) is 13.2. The van der Waals surface area contributed by atoms with Crippen molar-refractivity contribution in [1.29, 1.82) is 0 Å². The van der Waals surface area contributed by atoms with Gasteiger partial charge < -0.3 is 10.4 Å². The number of likely N-dealkylation sites (tertiary alicyclic amines) is 1. The standard InChI is InChI=1S/C14H22N2.C2HF3O2/c1-2-15-11-13-5-7-14(8-6-13)12-16-9-3-4-10-16;3-2(4,5)1(6)7/h5-8,15H,2-4,9-12H2,1H3;(H,6,7). The second kappa shape index (κ2) is 9.52. The lowest BCUT2D eigenvalue weighted by molar-refractivity contribution is -0.192. The van der Waals surface area contributed by atoms with Crippen molar-refractivity contribution < 1.29 is 23.1 Å². The Morgan fingerprint density at radius 3 is 2.09 bits per heavy atom. The highest BCUT2D eigenvalue weighted by atomic mass is 19.4. The maximum Gasteiger partial charge on any atom is 0.490 e. The fourth-order valence-electron chi connectivity index (χ4n) is 2.23. The average molecular weight is 332 g/mol. The van der Waals surface area contributed by atoms with E-state index >= 15 is 0 Å². The first-order chi connectivity index (χ1) is 10.8. The molecule has 1 aliphatic rings. The summed E-state index contributed by atoms with van der Waals surface area (Å²) in [5, 5.41) is 10.5. The van der Waals surface area contributed by atoms with Gasteiger partial charge in [0, 0.05) is 13.1 Å². The monoisotopic (exact) mass is 332 g/mol. The van der Waals surface area contributed by atoms with E-state index in [1.807, 2.05) is 0 Å². The Morgan fingerprint density at radius 1 is 1.17 bits per heavy atom. The van der Waals surface area contributed by atoms with Crippen LogP contribution in [0.1, 0.15) is 30.9 Å². The first-order valence-electron chi connectivity index (χ1n) is 7.64. The van der Waals surface area contributed by atoms with Crippen molar-refractivity contribution in [2.24, 2.45) is 0 Å². The smallest absolute Gasteiger partial charge is 0.475 e. The number of nitrogens with zero attached hydrogens (tertiary/aromatic N) is 1. The predicted octanol–water partition coefficient (Wildman–Crippen LogP) is 3.03. The van der Waals surface area contributed by atoms with E-state index in [1.165, 1.54) is 37.1 Å². The molecule has 23 heavy (non-hydrogen) atoms. The molecule has 130 valence electrons. The molecule has 2 N–H and O–H groups in total. The van der Waals surface area contributed by atoms with Gasteiger partial charge in [0.1, 0.15) is 0 Å². The first-order valence-corrected chi connectivity index (χ1v) is 7.64. The second-order valence-corrected chi connectivity index (χ2v) is 5.38. The summed E-state index contributed by atoms with van der Waals surface area (Å²) in [5.74, 6) is -2.76. The van der Waals surface area contributed by atoms with Gasteiger partial charge >= 0.3 is 12.1 Å². The van der Waals surface area contributed by atoms with Gasteiger partial charge in [0.2, 0.25) is 0 Å². The SMILES string of the molecule is CCNCc1ccc(CN2CCCC2)cc1.O=C(O)C(F)(F)F. The molecule has 0 amide bonds. The topological polar surface area (TPSA) is 52.6 Å². The minimum Gasteiger partial charge on any atom is -0.475 e. The van der Waals surface area contributed by atoms with E-state index in [4.69, 9.17) is 9.90 Å². The quantitative estimate of drug-likeness (QED) is 0.870. The van der Waals surface area contributed by atoms with Crippen molar-refractivity contribution in [2.75, 3.05) is 19.6 Å². The average Bonchev–Trinajstić information content (AvgIpc) is 2.99. The zero-order valence-electron chi connectivity index (χ0n) is 13.2. The van der Waals surface area contributed by atoms with Gasteiger partial charge in [-0.2, -0.15) is 13.2 Å². The summed E-state index contributed by atoms with van der Waals surface area (Å²) in [4.78, 5) is 11.4. The summed E-state index contributed by atoms with van der Waals surface area (Å²) in [5.41, 5.74) is 2.83. The number of alkyl halides is 3. The molecule has 0 spiro atoms. The molecule has 4 nitrogen and oxygen atoms in total. The van der Waals surface area contributed by atoms with E-state index in [0.29, 0.717) is 0 Å². The van der Waals surface area contributed by atoms with E-state index in [0.717, 1.165) is 19.6 Å². The molecule has 1 fully saturated rings. The van der Waals surface area contributed by atoms with Gasteiger partial charge in [-0.1, -0.05) is 31.2 Å². The highest BCUT2D eigenvalue weighted by molar-refractivity contribution is 5.73. The van der Waals surface area contributed by atoms with Gasteiger partial charge in [-0.3, -0.25) is 4.90 Å². The molecule has 0 bridgehead atoms. The lowest BCUT2D eigenvalue weighted by atomic mass is 10.1. The second-order valence-electron chi connectivity index (χ2n) is 5.38. The summed E-state index contributed by atoms with van der Waals surface area (Å²) in [6.45, 7) is 7.84. The Labute approximate surface area is 134 Å². The van der Waals surface area contributed by atoms with Crippen LogP contribution in [0, 0.1) is 0 Å². The van der Waals surface area contributed by atoms with Crippen LogP contribution in [-0.4, -0.2) is 41.8 Å². The van der Waals surface area contributed by atoms with Gasteiger partial charge in [0.25, 0.3) is 0 Å². The summed E-state index contributed by atoms with van der Waals surface area (Å²) in [6, 6.07) is 9.03. The molecule has 0 saturated carbocycles. The van der Waals surface area contributed by atoms with Gasteiger partial charge in [0.05, 0.1) is 0 Å². The van der Waals surface area contributed by atoms with E-state index in [1.54, 1.807) is 0 Å². The molecule has 0 radical (unpaired) electrons. The fourth-order valence-corrected chi connectivity index (χ4v) is 2.23. The number of carbonyl (C=O) groups is 1. The molecule has 0 atom stereocenters. The molecular formula is C16H23F3N2O2. The Morgan fingerprint density at radius 2 is 1.65 bits per heavy atom. The Bertz CT molecular complexity index is 469. The Hall–Kier alpha value is -1.60. The lowest BCUT2D eigenvalue weighted by Gasteiger charge is -2.14. The largest absolute Gasteiger partial charge is 0.490 e. The lowest BCUT2D eigenvalue weighted by Crippen LogP contribution is -2.21. The third kappa shape index (κ3) is 7.99. The Kier molecular flexibility index (Phi) is 8.05. The highest BCUT2D eigenvalue weighted by Crippen LogP contribution is 2.13. The van der Waals surface area contributed by atoms with Crippen molar-refractivity contribution in [3.8, 4) is 0 Å². The molecule has 1 saturated heterocycles.